The number of rotatable bonds is 13. The van der Waals surface area contributed by atoms with Gasteiger partial charge in [-0.1, -0.05) is 68.5 Å². The molecule has 0 aliphatic heterocycles. The van der Waals surface area contributed by atoms with Crippen molar-refractivity contribution in [1.29, 1.82) is 0 Å². The average Bonchev–Trinajstić information content (AvgIpc) is 2.86. The summed E-state index contributed by atoms with van der Waals surface area (Å²) in [5.74, 6) is -0.471. The van der Waals surface area contributed by atoms with Gasteiger partial charge in [-0.2, -0.15) is 11.8 Å². The molecule has 1 aliphatic carbocycles. The number of aliphatic carboxylic acids is 1. The summed E-state index contributed by atoms with van der Waals surface area (Å²) in [4.78, 5) is 27.4. The molecule has 0 N–H and O–H groups in total. The van der Waals surface area contributed by atoms with Crippen molar-refractivity contribution in [2.75, 3.05) is 25.6 Å². The molecule has 2 aromatic rings. The molecule has 2 aromatic carbocycles. The molecular weight excluding hydrogens is 461 g/mol. The number of hydrogen-bond donors (Lipinski definition) is 0. The fourth-order valence-corrected chi connectivity index (χ4v) is 5.72. The molecule has 1 saturated carbocycles. The van der Waals surface area contributed by atoms with Crippen molar-refractivity contribution in [3.8, 4) is 11.1 Å². The molecule has 190 valence electrons. The van der Waals surface area contributed by atoms with Gasteiger partial charge in [0.2, 0.25) is 0 Å². The Morgan fingerprint density at radius 3 is 2.47 bits per heavy atom. The Hall–Kier alpha value is -1.51. The monoisotopic (exact) mass is 501 g/mol. The molecule has 0 amide bonds. The molecule has 0 aromatic heterocycles. The fourth-order valence-electron chi connectivity index (χ4n) is 5.20. The number of Topliss-reactive ketones (excluding diaryl/α,β-unsaturated/α-hetero) is 1. The second-order valence-corrected chi connectivity index (χ2v) is 11.1. The normalized spacial score (nSPS) is 14.9. The summed E-state index contributed by atoms with van der Waals surface area (Å²) in [5, 5.41) is 11.7. The van der Waals surface area contributed by atoms with Crippen LogP contribution in [0.5, 0.6) is 0 Å². The smallest absolute Gasteiger partial charge is 0.550 e. The summed E-state index contributed by atoms with van der Waals surface area (Å²) in [6.45, 7) is 3.96. The number of aryl methyl sites for hydroxylation is 1. The van der Waals surface area contributed by atoms with Crippen LogP contribution < -0.4 is 24.0 Å². The van der Waals surface area contributed by atoms with Crippen molar-refractivity contribution in [2.24, 2.45) is 11.8 Å². The minimum absolute atomic E-state index is 0. The summed E-state index contributed by atoms with van der Waals surface area (Å²) >= 11 is 1.59. The predicted molar refractivity (Wildman–Crippen MR) is 145 cm³/mol. The predicted octanol–water partition coefficient (Wildman–Crippen LogP) is 2.76. The van der Waals surface area contributed by atoms with E-state index in [9.17, 15) is 14.7 Å². The Kier molecular flexibility index (Phi) is 13.4. The number of carboxylic acids is 1. The second kappa shape index (κ2) is 15.7. The number of carbonyl (C=O) groups excluding carboxylic acids is 2. The van der Waals surface area contributed by atoms with E-state index in [2.05, 4.69) is 31.0 Å². The zero-order valence-corrected chi connectivity index (χ0v) is 23.4. The number of thioether (sulfide) groups is 1. The molecule has 0 unspecified atom stereocenters. The maximum atomic E-state index is 13.3. The zero-order valence-electron chi connectivity index (χ0n) is 22.6. The quantitative estimate of drug-likeness (QED) is 0.312. The van der Waals surface area contributed by atoms with Crippen LogP contribution in [0.3, 0.4) is 0 Å². The van der Waals surface area contributed by atoms with Crippen molar-refractivity contribution in [1.82, 2.24) is 4.90 Å². The van der Waals surface area contributed by atoms with Gasteiger partial charge < -0.3 is 14.8 Å². The molecule has 0 spiro atoms. The van der Waals surface area contributed by atoms with E-state index in [1.54, 1.807) is 11.8 Å². The third kappa shape index (κ3) is 9.10. The minimum Gasteiger partial charge on any atom is -0.550 e. The Morgan fingerprint density at radius 2 is 1.81 bits per heavy atom. The van der Waals surface area contributed by atoms with Gasteiger partial charge in [0.15, 0.2) is 5.78 Å². The van der Waals surface area contributed by atoms with Crippen molar-refractivity contribution in [3.63, 3.8) is 0 Å². The molecule has 3 rings (SSSR count). The molecule has 0 heterocycles. The van der Waals surface area contributed by atoms with E-state index in [1.807, 2.05) is 36.6 Å². The summed E-state index contributed by atoms with van der Waals surface area (Å²) in [6.07, 6.45) is 10.5. The summed E-state index contributed by atoms with van der Waals surface area (Å²) in [6, 6.07) is 14.1. The number of hydrogen-bond acceptors (Lipinski definition) is 5. The van der Waals surface area contributed by atoms with Crippen LogP contribution in [0.4, 0.5) is 0 Å². The Labute approximate surface area is 233 Å². The van der Waals surface area contributed by atoms with Crippen LogP contribution in [-0.2, 0) is 11.3 Å². The van der Waals surface area contributed by atoms with Crippen LogP contribution in [0.1, 0.15) is 72.9 Å². The average molecular weight is 502 g/mol. The van der Waals surface area contributed by atoms with Gasteiger partial charge in [0.05, 0.1) is 0 Å². The van der Waals surface area contributed by atoms with Gasteiger partial charge in [-0.25, -0.2) is 0 Å². The Bertz CT molecular complexity index is 990. The molecule has 1 fully saturated rings. The largest absolute Gasteiger partial charge is 1.00 e. The van der Waals surface area contributed by atoms with Gasteiger partial charge in [-0.05, 0) is 79.6 Å². The van der Waals surface area contributed by atoms with E-state index in [4.69, 9.17) is 0 Å². The van der Waals surface area contributed by atoms with Crippen LogP contribution in [0.25, 0.3) is 11.1 Å². The maximum Gasteiger partial charge on any atom is 1.00 e. The molecular formula is C30H40LiNO3S. The summed E-state index contributed by atoms with van der Waals surface area (Å²) in [7, 11) is 2.17. The number of benzene rings is 2. The summed E-state index contributed by atoms with van der Waals surface area (Å²) in [5.41, 5.74) is 4.79. The van der Waals surface area contributed by atoms with Crippen molar-refractivity contribution >= 4 is 23.5 Å². The van der Waals surface area contributed by atoms with Gasteiger partial charge >= 0.3 is 18.9 Å². The Balaban J connectivity index is 0.00000456. The van der Waals surface area contributed by atoms with Crippen LogP contribution in [-0.4, -0.2) is 42.3 Å². The first-order valence-corrected chi connectivity index (χ1v) is 14.4. The molecule has 6 heteroatoms. The van der Waals surface area contributed by atoms with E-state index in [-0.39, 0.29) is 31.1 Å². The topological polar surface area (TPSA) is 60.4 Å². The van der Waals surface area contributed by atoms with Gasteiger partial charge in [0, 0.05) is 30.4 Å². The minimum atomic E-state index is -1.14. The third-order valence-electron chi connectivity index (χ3n) is 7.35. The van der Waals surface area contributed by atoms with Crippen molar-refractivity contribution < 1.29 is 33.6 Å². The first kappa shape index (κ1) is 30.7. The van der Waals surface area contributed by atoms with Crippen LogP contribution >= 0.6 is 11.8 Å². The van der Waals surface area contributed by atoms with Gasteiger partial charge in [0.1, 0.15) is 0 Å². The maximum absolute atomic E-state index is 13.3. The molecule has 0 radical (unpaired) electrons. The molecule has 0 bridgehead atoms. The van der Waals surface area contributed by atoms with E-state index >= 15 is 0 Å². The van der Waals surface area contributed by atoms with E-state index < -0.39 is 11.9 Å². The SMILES string of the molecule is CSCC[C@H](CC(=O)c1ccc(CN(C)CCC2CCCCC2)cc1-c1ccccc1C)C(=O)[O-].[Li+]. The van der Waals surface area contributed by atoms with Gasteiger partial charge in [-0.3, -0.25) is 4.79 Å². The zero-order chi connectivity index (χ0) is 25.2. The fraction of sp³-hybridized carbons (Fsp3) is 0.533. The standard InChI is InChI=1S/C30H41NO3S.Li/c1-22-9-7-8-12-26(22)28-19-24(21-31(2)17-15-23-10-5-4-6-11-23)13-14-27(28)29(32)20-25(30(33)34)16-18-35-3;/h7-9,12-14,19,23,25H,4-6,10-11,15-18,20-21H2,1-3H3,(H,33,34);/q;+1/p-1/t25-;/m1./s1. The van der Waals surface area contributed by atoms with Crippen LogP contribution in [0, 0.1) is 18.8 Å². The number of nitrogens with zero attached hydrogens (tertiary/aromatic N) is 1. The van der Waals surface area contributed by atoms with Crippen molar-refractivity contribution in [2.45, 2.75) is 64.8 Å². The number of carbonyl (C=O) groups is 2. The van der Waals surface area contributed by atoms with E-state index in [0.29, 0.717) is 17.7 Å². The number of ketones is 1. The van der Waals surface area contributed by atoms with Crippen LogP contribution in [0.2, 0.25) is 0 Å². The number of carboxylic acid groups (broad SMARTS) is 1. The molecule has 36 heavy (non-hydrogen) atoms. The Morgan fingerprint density at radius 1 is 1.08 bits per heavy atom. The molecule has 1 atom stereocenters. The van der Waals surface area contributed by atoms with Gasteiger partial charge in [-0.15, -0.1) is 0 Å². The van der Waals surface area contributed by atoms with Crippen molar-refractivity contribution in [3.05, 3.63) is 59.2 Å². The first-order valence-electron chi connectivity index (χ1n) is 13.0. The molecule has 0 saturated heterocycles. The first-order chi connectivity index (χ1) is 16.9. The van der Waals surface area contributed by atoms with E-state index in [0.717, 1.165) is 35.7 Å². The summed E-state index contributed by atoms with van der Waals surface area (Å²) < 4.78 is 0. The third-order valence-corrected chi connectivity index (χ3v) is 8.00. The van der Waals surface area contributed by atoms with Gasteiger partial charge in [0.25, 0.3) is 0 Å². The van der Waals surface area contributed by atoms with Crippen LogP contribution in [0.15, 0.2) is 42.5 Å². The van der Waals surface area contributed by atoms with E-state index in [1.165, 1.54) is 44.1 Å². The molecule has 1 aliphatic rings. The second-order valence-electron chi connectivity index (χ2n) is 10.2. The molecule has 4 nitrogen and oxygen atoms in total.